The molecule has 17 heavy (non-hydrogen) atoms. The van der Waals surface area contributed by atoms with Gasteiger partial charge < -0.3 is 5.73 Å². The van der Waals surface area contributed by atoms with E-state index in [2.05, 4.69) is 26.2 Å². The minimum atomic E-state index is -0.599. The van der Waals surface area contributed by atoms with Crippen LogP contribution in [0.5, 0.6) is 0 Å². The van der Waals surface area contributed by atoms with Gasteiger partial charge in [-0.1, -0.05) is 12.1 Å². The summed E-state index contributed by atoms with van der Waals surface area (Å²) in [5, 5.41) is 7.36. The van der Waals surface area contributed by atoms with E-state index in [-0.39, 0.29) is 16.0 Å². The maximum absolute atomic E-state index is 13.7. The molecule has 0 bridgehead atoms. The summed E-state index contributed by atoms with van der Waals surface area (Å²) in [6.45, 7) is 1.83. The van der Waals surface area contributed by atoms with Crippen LogP contribution in [0.4, 0.5) is 14.6 Å². The number of anilines is 1. The SMILES string of the molecule is CCc1c(N)nnn1-c1cc(F)c(Br)cc1F. The first-order chi connectivity index (χ1) is 8.04. The fourth-order valence-electron chi connectivity index (χ4n) is 1.51. The van der Waals surface area contributed by atoms with Crippen LogP contribution >= 0.6 is 15.9 Å². The highest BCUT2D eigenvalue weighted by Crippen LogP contribution is 2.24. The lowest BCUT2D eigenvalue weighted by atomic mass is 10.2. The highest BCUT2D eigenvalue weighted by molar-refractivity contribution is 9.10. The zero-order chi connectivity index (χ0) is 12.6. The van der Waals surface area contributed by atoms with Gasteiger partial charge in [0, 0.05) is 6.07 Å². The smallest absolute Gasteiger partial charge is 0.169 e. The van der Waals surface area contributed by atoms with Crippen molar-refractivity contribution in [2.24, 2.45) is 0 Å². The molecule has 0 spiro atoms. The van der Waals surface area contributed by atoms with E-state index < -0.39 is 11.6 Å². The van der Waals surface area contributed by atoms with E-state index in [1.54, 1.807) is 0 Å². The summed E-state index contributed by atoms with van der Waals surface area (Å²) < 4.78 is 28.4. The van der Waals surface area contributed by atoms with E-state index in [1.165, 1.54) is 4.68 Å². The van der Waals surface area contributed by atoms with Gasteiger partial charge in [0.25, 0.3) is 0 Å². The maximum Gasteiger partial charge on any atom is 0.169 e. The quantitative estimate of drug-likeness (QED) is 0.867. The summed E-state index contributed by atoms with van der Waals surface area (Å²) in [5.41, 5.74) is 6.13. The molecule has 0 aliphatic rings. The molecule has 2 rings (SSSR count). The number of aromatic nitrogens is 3. The molecule has 90 valence electrons. The molecule has 4 nitrogen and oxygen atoms in total. The molecule has 0 aliphatic heterocycles. The van der Waals surface area contributed by atoms with Crippen molar-refractivity contribution in [2.45, 2.75) is 13.3 Å². The average Bonchev–Trinajstić information content (AvgIpc) is 2.64. The highest BCUT2D eigenvalue weighted by Gasteiger charge is 2.15. The zero-order valence-electron chi connectivity index (χ0n) is 8.91. The van der Waals surface area contributed by atoms with Gasteiger partial charge >= 0.3 is 0 Å². The normalized spacial score (nSPS) is 10.8. The third-order valence-electron chi connectivity index (χ3n) is 2.35. The molecule has 0 unspecified atom stereocenters. The maximum atomic E-state index is 13.7. The largest absolute Gasteiger partial charge is 0.381 e. The van der Waals surface area contributed by atoms with E-state index >= 15 is 0 Å². The van der Waals surface area contributed by atoms with Crippen LogP contribution in [0, 0.1) is 11.6 Å². The summed E-state index contributed by atoms with van der Waals surface area (Å²) in [5.74, 6) is -0.953. The fourth-order valence-corrected chi connectivity index (χ4v) is 1.83. The van der Waals surface area contributed by atoms with Gasteiger partial charge in [0.1, 0.15) is 17.3 Å². The van der Waals surface area contributed by atoms with Crippen molar-refractivity contribution in [1.82, 2.24) is 15.0 Å². The van der Waals surface area contributed by atoms with Crippen LogP contribution in [0.25, 0.3) is 5.69 Å². The van der Waals surface area contributed by atoms with Gasteiger partial charge in [-0.25, -0.2) is 13.5 Å². The molecular weight excluding hydrogens is 294 g/mol. The lowest BCUT2D eigenvalue weighted by molar-refractivity contribution is 0.576. The number of rotatable bonds is 2. The van der Waals surface area contributed by atoms with Crippen LogP contribution in [-0.2, 0) is 6.42 Å². The number of halogens is 3. The van der Waals surface area contributed by atoms with Gasteiger partial charge in [-0.3, -0.25) is 0 Å². The van der Waals surface area contributed by atoms with E-state index in [4.69, 9.17) is 5.73 Å². The molecule has 0 amide bonds. The van der Waals surface area contributed by atoms with Crippen LogP contribution in [0.15, 0.2) is 16.6 Å². The van der Waals surface area contributed by atoms with Gasteiger partial charge in [0.2, 0.25) is 0 Å². The Morgan fingerprint density at radius 3 is 2.71 bits per heavy atom. The molecule has 0 radical (unpaired) electrons. The molecule has 2 aromatic rings. The Labute approximate surface area is 105 Å². The van der Waals surface area contributed by atoms with Crippen LogP contribution in [-0.4, -0.2) is 15.0 Å². The van der Waals surface area contributed by atoms with E-state index in [0.29, 0.717) is 12.1 Å². The number of hydrogen-bond acceptors (Lipinski definition) is 3. The van der Waals surface area contributed by atoms with E-state index in [0.717, 1.165) is 12.1 Å². The minimum Gasteiger partial charge on any atom is -0.381 e. The van der Waals surface area contributed by atoms with Crippen molar-refractivity contribution < 1.29 is 8.78 Å². The van der Waals surface area contributed by atoms with Gasteiger partial charge in [0.15, 0.2) is 5.82 Å². The second kappa shape index (κ2) is 4.40. The number of nitrogen functional groups attached to an aromatic ring is 1. The molecule has 7 heteroatoms. The lowest BCUT2D eigenvalue weighted by Gasteiger charge is -2.07. The van der Waals surface area contributed by atoms with Gasteiger partial charge in [-0.15, -0.1) is 5.10 Å². The molecule has 1 aromatic carbocycles. The van der Waals surface area contributed by atoms with Crippen LogP contribution in [0.3, 0.4) is 0 Å². The molecule has 2 N–H and O–H groups in total. The first-order valence-electron chi connectivity index (χ1n) is 4.89. The van der Waals surface area contributed by atoms with E-state index in [1.807, 2.05) is 6.92 Å². The Hall–Kier alpha value is -1.50. The highest BCUT2D eigenvalue weighted by atomic mass is 79.9. The van der Waals surface area contributed by atoms with Crippen LogP contribution in [0.1, 0.15) is 12.6 Å². The summed E-state index contributed by atoms with van der Waals surface area (Å²) in [7, 11) is 0. The number of benzene rings is 1. The second-order valence-corrected chi connectivity index (χ2v) is 4.26. The molecule has 0 aliphatic carbocycles. The third-order valence-corrected chi connectivity index (χ3v) is 2.95. The second-order valence-electron chi connectivity index (χ2n) is 3.40. The Morgan fingerprint density at radius 1 is 1.35 bits per heavy atom. The molecule has 0 saturated heterocycles. The lowest BCUT2D eigenvalue weighted by Crippen LogP contribution is -2.06. The predicted octanol–water partition coefficient (Wildman–Crippen LogP) is 2.45. The standard InChI is InChI=1S/C10H9BrF2N4/c1-2-8-10(14)15-16-17(8)9-4-6(12)5(11)3-7(9)13/h3-4H,2,14H2,1H3. The third kappa shape index (κ3) is 2.02. The number of nitrogens with two attached hydrogens (primary N) is 1. The van der Waals surface area contributed by atoms with Gasteiger partial charge in [-0.05, 0) is 28.4 Å². The zero-order valence-corrected chi connectivity index (χ0v) is 10.5. The van der Waals surface area contributed by atoms with Crippen molar-refractivity contribution >= 4 is 21.7 Å². The summed E-state index contributed by atoms with van der Waals surface area (Å²) in [6.07, 6.45) is 0.524. The van der Waals surface area contributed by atoms with Crippen LogP contribution < -0.4 is 5.73 Å². The Morgan fingerprint density at radius 2 is 2.06 bits per heavy atom. The Kier molecular flexibility index (Phi) is 3.10. The van der Waals surface area contributed by atoms with Crippen molar-refractivity contribution in [3.63, 3.8) is 0 Å². The summed E-state index contributed by atoms with van der Waals surface area (Å²) in [4.78, 5) is 0. The topological polar surface area (TPSA) is 56.7 Å². The Balaban J connectivity index is 2.64. The van der Waals surface area contributed by atoms with Gasteiger partial charge in [0.05, 0.1) is 10.2 Å². The first kappa shape index (κ1) is 12.0. The fraction of sp³-hybridized carbons (Fsp3) is 0.200. The van der Waals surface area contributed by atoms with Crippen molar-refractivity contribution in [2.75, 3.05) is 5.73 Å². The Bertz CT molecular complexity index is 568. The first-order valence-corrected chi connectivity index (χ1v) is 5.68. The van der Waals surface area contributed by atoms with Crippen molar-refractivity contribution in [1.29, 1.82) is 0 Å². The van der Waals surface area contributed by atoms with Crippen molar-refractivity contribution in [3.05, 3.63) is 33.9 Å². The summed E-state index contributed by atoms with van der Waals surface area (Å²) >= 11 is 2.91. The monoisotopic (exact) mass is 302 g/mol. The molecule has 0 saturated carbocycles. The summed E-state index contributed by atoms with van der Waals surface area (Å²) in [6, 6.07) is 2.09. The molecule has 1 aromatic heterocycles. The average molecular weight is 303 g/mol. The molecule has 1 heterocycles. The minimum absolute atomic E-state index is 0.00764. The van der Waals surface area contributed by atoms with Crippen LogP contribution in [0.2, 0.25) is 0 Å². The van der Waals surface area contributed by atoms with E-state index in [9.17, 15) is 8.78 Å². The number of hydrogen-bond donors (Lipinski definition) is 1. The predicted molar refractivity (Wildman–Crippen MR) is 62.8 cm³/mol. The molecule has 0 atom stereocenters. The number of nitrogens with zero attached hydrogens (tertiary/aromatic N) is 3. The molecule has 0 fully saturated rings. The van der Waals surface area contributed by atoms with Gasteiger partial charge in [-0.2, -0.15) is 0 Å². The molecular formula is C10H9BrF2N4. The van der Waals surface area contributed by atoms with Crippen molar-refractivity contribution in [3.8, 4) is 5.69 Å².